The van der Waals surface area contributed by atoms with Crippen molar-refractivity contribution in [3.8, 4) is 11.5 Å². The fourth-order valence-corrected chi connectivity index (χ4v) is 3.21. The third kappa shape index (κ3) is 5.65. The first-order chi connectivity index (χ1) is 16.0. The Morgan fingerprint density at radius 3 is 2.39 bits per heavy atom. The zero-order valence-corrected chi connectivity index (χ0v) is 18.8. The molecule has 4 aromatic rings. The van der Waals surface area contributed by atoms with Gasteiger partial charge in [0.05, 0.1) is 0 Å². The summed E-state index contributed by atoms with van der Waals surface area (Å²) < 4.78 is 5.95. The number of anilines is 2. The molecular weight excluding hydrogens is 416 g/mol. The molecule has 1 aromatic heterocycles. The summed E-state index contributed by atoms with van der Waals surface area (Å²) in [5, 5.41) is 7.09. The van der Waals surface area contributed by atoms with Gasteiger partial charge in [0.15, 0.2) is 0 Å². The van der Waals surface area contributed by atoms with Gasteiger partial charge >= 0.3 is 0 Å². The monoisotopic (exact) mass is 442 g/mol. The SMILES string of the molecule is CC.CNC(=O)c1cccc2cc(Oc3ccnc(NC(=O)c4cccc(N)c4)c3)ccc12. The number of nitrogens with zero attached hydrogens (tertiary/aromatic N) is 1. The van der Waals surface area contributed by atoms with Crippen LogP contribution in [0.3, 0.4) is 0 Å². The predicted molar refractivity (Wildman–Crippen MR) is 132 cm³/mol. The molecule has 168 valence electrons. The molecule has 2 amide bonds. The van der Waals surface area contributed by atoms with Crippen LogP contribution in [-0.2, 0) is 0 Å². The maximum atomic E-state index is 12.4. The summed E-state index contributed by atoms with van der Waals surface area (Å²) >= 11 is 0. The van der Waals surface area contributed by atoms with Crippen LogP contribution in [-0.4, -0.2) is 23.8 Å². The number of carbonyl (C=O) groups is 2. The lowest BCUT2D eigenvalue weighted by atomic mass is 10.0. The Balaban J connectivity index is 0.00000149. The molecule has 33 heavy (non-hydrogen) atoms. The van der Waals surface area contributed by atoms with E-state index < -0.39 is 0 Å². The molecule has 0 saturated carbocycles. The van der Waals surface area contributed by atoms with Gasteiger partial charge in [-0.2, -0.15) is 0 Å². The molecule has 0 aliphatic carbocycles. The van der Waals surface area contributed by atoms with Crippen molar-refractivity contribution >= 4 is 34.1 Å². The van der Waals surface area contributed by atoms with Crippen LogP contribution < -0.4 is 21.1 Å². The maximum Gasteiger partial charge on any atom is 0.256 e. The fourth-order valence-electron chi connectivity index (χ4n) is 3.21. The van der Waals surface area contributed by atoms with E-state index in [-0.39, 0.29) is 11.8 Å². The number of nitrogens with two attached hydrogens (primary N) is 1. The Hall–Kier alpha value is -4.39. The van der Waals surface area contributed by atoms with Gasteiger partial charge in [-0.25, -0.2) is 4.98 Å². The molecule has 0 saturated heterocycles. The van der Waals surface area contributed by atoms with Crippen molar-refractivity contribution in [3.05, 3.63) is 90.1 Å². The minimum Gasteiger partial charge on any atom is -0.457 e. The summed E-state index contributed by atoms with van der Waals surface area (Å²) in [4.78, 5) is 28.6. The lowest BCUT2D eigenvalue weighted by Crippen LogP contribution is -2.17. The quantitative estimate of drug-likeness (QED) is 0.366. The largest absolute Gasteiger partial charge is 0.457 e. The topological polar surface area (TPSA) is 106 Å². The number of aromatic nitrogens is 1. The molecule has 7 heteroatoms. The number of hydrogen-bond donors (Lipinski definition) is 3. The predicted octanol–water partition coefficient (Wildman–Crippen LogP) is 5.25. The first-order valence-electron chi connectivity index (χ1n) is 10.6. The maximum absolute atomic E-state index is 12.4. The lowest BCUT2D eigenvalue weighted by Gasteiger charge is -2.10. The molecule has 4 N–H and O–H groups in total. The Labute approximate surface area is 192 Å². The van der Waals surface area contributed by atoms with E-state index >= 15 is 0 Å². The first-order valence-corrected chi connectivity index (χ1v) is 10.6. The van der Waals surface area contributed by atoms with Crippen LogP contribution in [0.2, 0.25) is 0 Å². The van der Waals surface area contributed by atoms with Gasteiger partial charge in [-0.15, -0.1) is 0 Å². The van der Waals surface area contributed by atoms with Gasteiger partial charge in [-0.3, -0.25) is 9.59 Å². The number of amides is 2. The standard InChI is InChI=1S/C24H20N4O3.C2H6/c1-26-24(30)21-7-3-4-15-13-18(8-9-20(15)21)31-19-10-11-27-22(14-19)28-23(29)16-5-2-6-17(25)12-16;1-2/h2-14H,25H2,1H3,(H,26,30)(H,27,28,29);1-2H3. The highest BCUT2D eigenvalue weighted by Gasteiger charge is 2.10. The summed E-state index contributed by atoms with van der Waals surface area (Å²) in [5.74, 6) is 1.01. The number of benzene rings is 3. The highest BCUT2D eigenvalue weighted by molar-refractivity contribution is 6.07. The Morgan fingerprint density at radius 2 is 1.64 bits per heavy atom. The van der Waals surface area contributed by atoms with Crippen molar-refractivity contribution in [2.45, 2.75) is 13.8 Å². The number of ether oxygens (including phenoxy) is 1. The Kier molecular flexibility index (Phi) is 7.60. The van der Waals surface area contributed by atoms with E-state index in [4.69, 9.17) is 10.5 Å². The van der Waals surface area contributed by atoms with Crippen molar-refractivity contribution in [2.75, 3.05) is 18.1 Å². The van der Waals surface area contributed by atoms with Crippen molar-refractivity contribution in [1.82, 2.24) is 10.3 Å². The van der Waals surface area contributed by atoms with E-state index in [2.05, 4.69) is 15.6 Å². The van der Waals surface area contributed by atoms with Gasteiger partial charge in [0, 0.05) is 36.1 Å². The van der Waals surface area contributed by atoms with Gasteiger partial charge < -0.3 is 21.1 Å². The molecule has 0 aliphatic heterocycles. The van der Waals surface area contributed by atoms with Gasteiger partial charge in [0.2, 0.25) is 0 Å². The molecule has 0 unspecified atom stereocenters. The Morgan fingerprint density at radius 1 is 0.879 bits per heavy atom. The molecule has 0 aliphatic rings. The number of hydrogen-bond acceptors (Lipinski definition) is 5. The lowest BCUT2D eigenvalue weighted by molar-refractivity contribution is 0.0963. The molecule has 1 heterocycles. The second kappa shape index (κ2) is 10.8. The number of carbonyl (C=O) groups excluding carboxylic acids is 2. The normalized spacial score (nSPS) is 10.0. The van der Waals surface area contributed by atoms with Gasteiger partial charge in [-0.05, 0) is 59.3 Å². The number of nitrogen functional groups attached to an aromatic ring is 1. The molecule has 4 rings (SSSR count). The number of pyridine rings is 1. The van der Waals surface area contributed by atoms with Crippen LogP contribution >= 0.6 is 0 Å². The summed E-state index contributed by atoms with van der Waals surface area (Å²) in [7, 11) is 1.60. The number of rotatable bonds is 5. The van der Waals surface area contributed by atoms with E-state index in [1.54, 1.807) is 61.8 Å². The second-order valence-corrected chi connectivity index (χ2v) is 6.83. The average molecular weight is 443 g/mol. The second-order valence-electron chi connectivity index (χ2n) is 6.83. The van der Waals surface area contributed by atoms with E-state index in [1.807, 2.05) is 38.1 Å². The van der Waals surface area contributed by atoms with Gasteiger partial charge in [0.1, 0.15) is 17.3 Å². The molecular formula is C26H26N4O3. The third-order valence-electron chi connectivity index (χ3n) is 4.68. The number of fused-ring (bicyclic) bond motifs is 1. The summed E-state index contributed by atoms with van der Waals surface area (Å²) in [5.41, 5.74) is 7.28. The van der Waals surface area contributed by atoms with Crippen LogP contribution in [0.1, 0.15) is 34.6 Å². The van der Waals surface area contributed by atoms with Crippen LogP contribution in [0.5, 0.6) is 11.5 Å². The summed E-state index contributed by atoms with van der Waals surface area (Å²) in [6, 6.07) is 21.0. The molecule has 0 fully saturated rings. The van der Waals surface area contributed by atoms with E-state index in [9.17, 15) is 9.59 Å². The molecule has 3 aromatic carbocycles. The van der Waals surface area contributed by atoms with Crippen LogP contribution in [0.4, 0.5) is 11.5 Å². The average Bonchev–Trinajstić information content (AvgIpc) is 2.84. The zero-order chi connectivity index (χ0) is 23.8. The zero-order valence-electron chi connectivity index (χ0n) is 18.8. The van der Waals surface area contributed by atoms with Gasteiger partial charge in [-0.1, -0.05) is 32.0 Å². The van der Waals surface area contributed by atoms with Crippen molar-refractivity contribution < 1.29 is 14.3 Å². The minimum absolute atomic E-state index is 0.144. The van der Waals surface area contributed by atoms with E-state index in [0.29, 0.717) is 34.1 Å². The molecule has 7 nitrogen and oxygen atoms in total. The van der Waals surface area contributed by atoms with E-state index in [1.165, 1.54) is 0 Å². The van der Waals surface area contributed by atoms with Crippen molar-refractivity contribution in [1.29, 1.82) is 0 Å². The number of nitrogens with one attached hydrogen (secondary N) is 2. The minimum atomic E-state index is -0.315. The van der Waals surface area contributed by atoms with Crippen LogP contribution in [0.25, 0.3) is 10.8 Å². The van der Waals surface area contributed by atoms with Crippen LogP contribution in [0, 0.1) is 0 Å². The Bertz CT molecular complexity index is 1290. The van der Waals surface area contributed by atoms with Crippen molar-refractivity contribution in [3.63, 3.8) is 0 Å². The molecule has 0 spiro atoms. The van der Waals surface area contributed by atoms with Crippen LogP contribution in [0.15, 0.2) is 79.0 Å². The summed E-state index contributed by atoms with van der Waals surface area (Å²) in [6.45, 7) is 4.00. The highest BCUT2D eigenvalue weighted by Crippen LogP contribution is 2.28. The van der Waals surface area contributed by atoms with Gasteiger partial charge in [0.25, 0.3) is 11.8 Å². The molecule has 0 bridgehead atoms. The fraction of sp³-hybridized carbons (Fsp3) is 0.115. The molecule has 0 atom stereocenters. The molecule has 0 radical (unpaired) electrons. The first kappa shape index (κ1) is 23.3. The smallest absolute Gasteiger partial charge is 0.256 e. The third-order valence-corrected chi connectivity index (χ3v) is 4.68. The van der Waals surface area contributed by atoms with E-state index in [0.717, 1.165) is 10.8 Å². The highest BCUT2D eigenvalue weighted by atomic mass is 16.5. The summed E-state index contributed by atoms with van der Waals surface area (Å²) in [6.07, 6.45) is 1.55. The van der Waals surface area contributed by atoms with Crippen molar-refractivity contribution in [2.24, 2.45) is 0 Å².